The van der Waals surface area contributed by atoms with Crippen molar-refractivity contribution in [3.8, 4) is 0 Å². The summed E-state index contributed by atoms with van der Waals surface area (Å²) in [6.45, 7) is 2.02. The number of hydrogen-bond acceptors (Lipinski definition) is 8. The van der Waals surface area contributed by atoms with Crippen LogP contribution >= 0.6 is 23.4 Å². The summed E-state index contributed by atoms with van der Waals surface area (Å²) in [5, 5.41) is 20.4. The number of aromatic nitrogens is 4. The number of nitrogen functional groups attached to an aromatic ring is 1. The third-order valence-electron chi connectivity index (χ3n) is 3.52. The molecule has 0 bridgehead atoms. The summed E-state index contributed by atoms with van der Waals surface area (Å²) >= 11 is 7.45. The predicted octanol–water partition coefficient (Wildman–Crippen LogP) is 0.434. The molecule has 0 radical (unpaired) electrons. The van der Waals surface area contributed by atoms with Crippen molar-refractivity contribution < 1.29 is 14.9 Å². The van der Waals surface area contributed by atoms with Gasteiger partial charge < -0.3 is 20.7 Å². The van der Waals surface area contributed by atoms with E-state index in [1.165, 1.54) is 10.9 Å². The summed E-state index contributed by atoms with van der Waals surface area (Å²) < 4.78 is 7.30. The number of anilines is 1. The van der Waals surface area contributed by atoms with Gasteiger partial charge in [-0.3, -0.25) is 4.57 Å². The van der Waals surface area contributed by atoms with Gasteiger partial charge in [0.25, 0.3) is 0 Å². The second-order valence-electron chi connectivity index (χ2n) is 4.91. The van der Waals surface area contributed by atoms with Crippen LogP contribution in [0.5, 0.6) is 0 Å². The quantitative estimate of drug-likeness (QED) is 0.683. The van der Waals surface area contributed by atoms with Crippen LogP contribution < -0.4 is 5.73 Å². The zero-order chi connectivity index (χ0) is 15.9. The fourth-order valence-electron chi connectivity index (χ4n) is 2.43. The Labute approximate surface area is 135 Å². The summed E-state index contributed by atoms with van der Waals surface area (Å²) in [6.07, 6.45) is -1.88. The minimum atomic E-state index is -1.09. The van der Waals surface area contributed by atoms with E-state index in [1.54, 1.807) is 11.8 Å². The van der Waals surface area contributed by atoms with E-state index < -0.39 is 24.5 Å². The van der Waals surface area contributed by atoms with Crippen molar-refractivity contribution in [1.29, 1.82) is 0 Å². The Balaban J connectivity index is 1.94. The van der Waals surface area contributed by atoms with Crippen LogP contribution in [-0.2, 0) is 4.74 Å². The highest BCUT2D eigenvalue weighted by molar-refractivity contribution is 7.99. The number of thioether (sulfide) groups is 1. The lowest BCUT2D eigenvalue weighted by molar-refractivity contribution is -0.0288. The molecule has 4 atom stereocenters. The van der Waals surface area contributed by atoms with Crippen LogP contribution in [0.1, 0.15) is 13.2 Å². The molecule has 1 aliphatic rings. The molecule has 0 aromatic carbocycles. The molecule has 0 saturated carbocycles. The fourth-order valence-corrected chi connectivity index (χ4v) is 3.34. The molecule has 1 fully saturated rings. The highest BCUT2D eigenvalue weighted by atomic mass is 35.5. The molecular weight excluding hydrogens is 330 g/mol. The lowest BCUT2D eigenvalue weighted by atomic mass is 10.1. The molecule has 22 heavy (non-hydrogen) atoms. The molecule has 0 amide bonds. The minimum Gasteiger partial charge on any atom is -0.387 e. The van der Waals surface area contributed by atoms with Crippen molar-refractivity contribution >= 4 is 40.3 Å². The SMILES string of the molecule is CCSC[C@H]1O[C@@H](n2cnc3c(N)nc(Cl)nc32)[C@H](O)[C@@H]1O. The summed E-state index contributed by atoms with van der Waals surface area (Å²) in [4.78, 5) is 12.0. The van der Waals surface area contributed by atoms with Gasteiger partial charge in [0.15, 0.2) is 17.7 Å². The number of nitrogens with two attached hydrogens (primary N) is 1. The van der Waals surface area contributed by atoms with Gasteiger partial charge in [0, 0.05) is 5.75 Å². The summed E-state index contributed by atoms with van der Waals surface area (Å²) in [7, 11) is 0. The van der Waals surface area contributed by atoms with Crippen molar-refractivity contribution in [3.05, 3.63) is 11.6 Å². The van der Waals surface area contributed by atoms with Crippen LogP contribution in [0, 0.1) is 0 Å². The molecule has 3 heterocycles. The third kappa shape index (κ3) is 2.63. The van der Waals surface area contributed by atoms with Crippen molar-refractivity contribution in [2.75, 3.05) is 17.2 Å². The highest BCUT2D eigenvalue weighted by Crippen LogP contribution is 2.33. The molecular formula is C12H16ClN5O3S. The van der Waals surface area contributed by atoms with E-state index in [2.05, 4.69) is 15.0 Å². The van der Waals surface area contributed by atoms with Gasteiger partial charge in [0.05, 0.1) is 12.4 Å². The van der Waals surface area contributed by atoms with Gasteiger partial charge in [0.2, 0.25) is 5.28 Å². The van der Waals surface area contributed by atoms with Crippen LogP contribution in [0.25, 0.3) is 11.2 Å². The third-order valence-corrected chi connectivity index (χ3v) is 4.66. The Morgan fingerprint density at radius 2 is 2.18 bits per heavy atom. The van der Waals surface area contributed by atoms with Gasteiger partial charge in [-0.2, -0.15) is 21.7 Å². The van der Waals surface area contributed by atoms with Gasteiger partial charge in [-0.1, -0.05) is 6.92 Å². The molecule has 3 rings (SSSR count). The first-order chi connectivity index (χ1) is 10.5. The molecule has 0 spiro atoms. The van der Waals surface area contributed by atoms with Gasteiger partial charge >= 0.3 is 0 Å². The maximum absolute atomic E-state index is 10.3. The first kappa shape index (κ1) is 15.8. The Morgan fingerprint density at radius 3 is 2.91 bits per heavy atom. The van der Waals surface area contributed by atoms with Gasteiger partial charge in [-0.05, 0) is 17.4 Å². The Bertz CT molecular complexity index is 684. The second kappa shape index (κ2) is 6.17. The Morgan fingerprint density at radius 1 is 1.41 bits per heavy atom. The molecule has 120 valence electrons. The average molecular weight is 346 g/mol. The van der Waals surface area contributed by atoms with E-state index in [-0.39, 0.29) is 11.1 Å². The first-order valence-electron chi connectivity index (χ1n) is 6.77. The number of nitrogens with zero attached hydrogens (tertiary/aromatic N) is 4. The second-order valence-corrected chi connectivity index (χ2v) is 6.56. The zero-order valence-corrected chi connectivity index (χ0v) is 13.3. The number of hydrogen-bond donors (Lipinski definition) is 3. The monoisotopic (exact) mass is 345 g/mol. The van der Waals surface area contributed by atoms with E-state index in [9.17, 15) is 10.2 Å². The first-order valence-corrected chi connectivity index (χ1v) is 8.31. The molecule has 8 nitrogen and oxygen atoms in total. The molecule has 2 aromatic heterocycles. The number of imidazole rings is 1. The van der Waals surface area contributed by atoms with E-state index >= 15 is 0 Å². The Hall–Kier alpha value is -1.13. The van der Waals surface area contributed by atoms with E-state index in [0.717, 1.165) is 5.75 Å². The van der Waals surface area contributed by atoms with Crippen LogP contribution in [0.15, 0.2) is 6.33 Å². The number of aliphatic hydroxyl groups is 2. The fraction of sp³-hybridized carbons (Fsp3) is 0.583. The van der Waals surface area contributed by atoms with Crippen molar-refractivity contribution in [2.24, 2.45) is 0 Å². The number of halogens is 1. The number of rotatable bonds is 4. The lowest BCUT2D eigenvalue weighted by Gasteiger charge is -2.16. The molecule has 4 N–H and O–H groups in total. The molecule has 0 unspecified atom stereocenters. The lowest BCUT2D eigenvalue weighted by Crippen LogP contribution is -2.32. The smallest absolute Gasteiger partial charge is 0.226 e. The van der Waals surface area contributed by atoms with Crippen LogP contribution in [-0.4, -0.2) is 59.5 Å². The van der Waals surface area contributed by atoms with Crippen LogP contribution in [0.4, 0.5) is 5.82 Å². The molecule has 1 aliphatic heterocycles. The van der Waals surface area contributed by atoms with Gasteiger partial charge in [-0.25, -0.2) is 4.98 Å². The van der Waals surface area contributed by atoms with Crippen molar-refractivity contribution in [1.82, 2.24) is 19.5 Å². The topological polar surface area (TPSA) is 119 Å². The largest absolute Gasteiger partial charge is 0.387 e. The average Bonchev–Trinajstić information content (AvgIpc) is 3.00. The van der Waals surface area contributed by atoms with Crippen molar-refractivity contribution in [2.45, 2.75) is 31.5 Å². The van der Waals surface area contributed by atoms with E-state index in [4.69, 9.17) is 22.1 Å². The Kier molecular flexibility index (Phi) is 4.42. The van der Waals surface area contributed by atoms with Crippen molar-refractivity contribution in [3.63, 3.8) is 0 Å². The van der Waals surface area contributed by atoms with Crippen LogP contribution in [0.3, 0.4) is 0 Å². The normalized spacial score (nSPS) is 28.5. The summed E-state index contributed by atoms with van der Waals surface area (Å²) in [5.41, 5.74) is 6.49. The number of fused-ring (bicyclic) bond motifs is 1. The highest BCUT2D eigenvalue weighted by Gasteiger charge is 2.44. The maximum Gasteiger partial charge on any atom is 0.226 e. The predicted molar refractivity (Wildman–Crippen MR) is 83.7 cm³/mol. The molecule has 2 aromatic rings. The van der Waals surface area contributed by atoms with Crippen LogP contribution in [0.2, 0.25) is 5.28 Å². The number of ether oxygens (including phenoxy) is 1. The number of aliphatic hydroxyl groups excluding tert-OH is 2. The van der Waals surface area contributed by atoms with E-state index in [1.807, 2.05) is 6.92 Å². The van der Waals surface area contributed by atoms with Gasteiger partial charge in [-0.15, -0.1) is 0 Å². The standard InChI is InChI=1S/C12H16ClN5O3S/c1-2-22-3-5-7(19)8(20)11(21-5)18-4-15-6-9(14)16-12(13)17-10(6)18/h4-5,7-8,11,19-20H,2-3H2,1H3,(H2,14,16,17)/t5-,7-,8-,11-/m1/s1. The summed E-state index contributed by atoms with van der Waals surface area (Å²) in [5.74, 6) is 1.65. The molecule has 0 aliphatic carbocycles. The van der Waals surface area contributed by atoms with Gasteiger partial charge in [0.1, 0.15) is 17.7 Å². The van der Waals surface area contributed by atoms with E-state index in [0.29, 0.717) is 16.9 Å². The zero-order valence-electron chi connectivity index (χ0n) is 11.8. The minimum absolute atomic E-state index is 0.0159. The molecule has 1 saturated heterocycles. The maximum atomic E-state index is 10.3. The summed E-state index contributed by atoms with van der Waals surface area (Å²) in [6, 6.07) is 0. The molecule has 10 heteroatoms.